The van der Waals surface area contributed by atoms with Gasteiger partial charge in [-0.3, -0.25) is 0 Å². The van der Waals surface area contributed by atoms with Crippen LogP contribution < -0.4 is 0 Å². The molecule has 0 spiro atoms. The maximum Gasteiger partial charge on any atom is 0.0721 e. The lowest BCUT2D eigenvalue weighted by molar-refractivity contribution is -0.150. The molecule has 1 saturated heterocycles. The molecule has 1 rings (SSSR count). The highest BCUT2D eigenvalue weighted by molar-refractivity contribution is 5.27. The Morgan fingerprint density at radius 3 is 2.06 bits per heavy atom. The Bertz CT molecular complexity index is 671. The third-order valence-electron chi connectivity index (χ3n) is 7.85. The lowest BCUT2D eigenvalue weighted by Gasteiger charge is -2.44. The molecule has 2 atom stereocenters. The van der Waals surface area contributed by atoms with Gasteiger partial charge in [0, 0.05) is 24.4 Å². The maximum absolute atomic E-state index is 6.59. The van der Waals surface area contributed by atoms with Gasteiger partial charge in [0.2, 0.25) is 0 Å². The third-order valence-corrected chi connectivity index (χ3v) is 7.85. The van der Waals surface area contributed by atoms with Crippen molar-refractivity contribution >= 4 is 0 Å². The largest absolute Gasteiger partial charge is 0.384 e. The zero-order valence-corrected chi connectivity index (χ0v) is 23.9. The van der Waals surface area contributed by atoms with Gasteiger partial charge in [-0.05, 0) is 51.5 Å². The molecule has 0 saturated carbocycles. The summed E-state index contributed by atoms with van der Waals surface area (Å²) >= 11 is 0. The van der Waals surface area contributed by atoms with Gasteiger partial charge >= 0.3 is 0 Å². The van der Waals surface area contributed by atoms with Gasteiger partial charge in [-0.25, -0.2) is 0 Å². The number of allylic oxidation sites excluding steroid dienone is 2. The van der Waals surface area contributed by atoms with Gasteiger partial charge in [-0.2, -0.15) is 0 Å². The Morgan fingerprint density at radius 2 is 1.62 bits per heavy atom. The molecular weight excluding hydrogens is 424 g/mol. The second-order valence-electron chi connectivity index (χ2n) is 11.4. The van der Waals surface area contributed by atoms with E-state index in [1.165, 1.54) is 5.57 Å². The average molecular weight is 479 g/mol. The lowest BCUT2D eigenvalue weighted by Crippen LogP contribution is -2.46. The molecule has 0 amide bonds. The maximum atomic E-state index is 6.59. The molecule has 34 heavy (non-hydrogen) atoms. The predicted molar refractivity (Wildman–Crippen MR) is 144 cm³/mol. The van der Waals surface area contributed by atoms with Gasteiger partial charge in [-0.15, -0.1) is 0 Å². The van der Waals surface area contributed by atoms with Crippen LogP contribution in [0.1, 0.15) is 93.9 Å². The molecule has 4 heteroatoms. The van der Waals surface area contributed by atoms with Crippen LogP contribution in [0.2, 0.25) is 0 Å². The summed E-state index contributed by atoms with van der Waals surface area (Å²) in [7, 11) is 1.77. The Labute approximate surface area is 211 Å². The summed E-state index contributed by atoms with van der Waals surface area (Å²) in [4.78, 5) is 0. The van der Waals surface area contributed by atoms with Gasteiger partial charge < -0.3 is 18.9 Å². The van der Waals surface area contributed by atoms with Crippen molar-refractivity contribution in [2.45, 2.75) is 105 Å². The molecule has 2 unspecified atom stereocenters. The second kappa shape index (κ2) is 14.0. The molecule has 0 radical (unpaired) electrons. The van der Waals surface area contributed by atoms with Crippen LogP contribution in [0.3, 0.4) is 0 Å². The van der Waals surface area contributed by atoms with E-state index in [0.29, 0.717) is 19.8 Å². The standard InChI is InChI=1S/C30H54O4/c1-11-26(19-33-29(9,13-3)20-28(8)22-32-23-28)17-16-25(6)18-30(14-4,15-5)34-24-27(7,12-2)21-31-10/h11,16-17H,6,12-15,18-24H2,1-5,7-10H3/b17-16-,26-11+. The Kier molecular flexibility index (Phi) is 12.8. The molecule has 1 heterocycles. The summed E-state index contributed by atoms with van der Waals surface area (Å²) in [6.07, 6.45) is 12.2. The SMILES string of the molecule is C=C(/C=C\C(=C/C)COC(C)(CC)CC1(C)COC1)CC(CC)(CC)OCC(C)(CC)COC. The summed E-state index contributed by atoms with van der Waals surface area (Å²) in [5, 5.41) is 0. The molecule has 0 bridgehead atoms. The highest BCUT2D eigenvalue weighted by atomic mass is 16.5. The van der Waals surface area contributed by atoms with Crippen LogP contribution in [-0.4, -0.2) is 51.3 Å². The molecule has 0 aromatic heterocycles. The van der Waals surface area contributed by atoms with E-state index in [1.54, 1.807) is 7.11 Å². The molecule has 1 fully saturated rings. The zero-order valence-electron chi connectivity index (χ0n) is 23.9. The number of hydrogen-bond donors (Lipinski definition) is 0. The first-order valence-corrected chi connectivity index (χ1v) is 13.3. The van der Waals surface area contributed by atoms with E-state index in [4.69, 9.17) is 18.9 Å². The van der Waals surface area contributed by atoms with E-state index >= 15 is 0 Å². The first-order chi connectivity index (χ1) is 16.0. The number of ether oxygens (including phenoxy) is 4. The van der Waals surface area contributed by atoms with Crippen molar-refractivity contribution in [1.82, 2.24) is 0 Å². The fourth-order valence-corrected chi connectivity index (χ4v) is 4.59. The number of methoxy groups -OCH3 is 1. The quantitative estimate of drug-likeness (QED) is 0.189. The van der Waals surface area contributed by atoms with Crippen LogP contribution in [0.25, 0.3) is 0 Å². The average Bonchev–Trinajstić information content (AvgIpc) is 2.81. The Balaban J connectivity index is 2.72. The van der Waals surface area contributed by atoms with Crippen LogP contribution in [0.4, 0.5) is 0 Å². The fourth-order valence-electron chi connectivity index (χ4n) is 4.59. The first-order valence-electron chi connectivity index (χ1n) is 13.3. The van der Waals surface area contributed by atoms with Gasteiger partial charge in [0.1, 0.15) is 0 Å². The summed E-state index contributed by atoms with van der Waals surface area (Å²) in [5.41, 5.74) is 2.20. The minimum absolute atomic E-state index is 0.0333. The second-order valence-corrected chi connectivity index (χ2v) is 11.4. The van der Waals surface area contributed by atoms with Crippen LogP contribution >= 0.6 is 0 Å². The number of hydrogen-bond acceptors (Lipinski definition) is 4. The number of rotatable bonds is 18. The van der Waals surface area contributed by atoms with E-state index in [0.717, 1.165) is 57.3 Å². The van der Waals surface area contributed by atoms with E-state index < -0.39 is 0 Å². The topological polar surface area (TPSA) is 36.9 Å². The van der Waals surface area contributed by atoms with Crippen LogP contribution in [0.15, 0.2) is 36.0 Å². The van der Waals surface area contributed by atoms with Crippen LogP contribution in [-0.2, 0) is 18.9 Å². The highest BCUT2D eigenvalue weighted by Gasteiger charge is 2.40. The van der Waals surface area contributed by atoms with Gasteiger partial charge in [0.15, 0.2) is 0 Å². The van der Waals surface area contributed by atoms with E-state index in [9.17, 15) is 0 Å². The van der Waals surface area contributed by atoms with E-state index in [-0.39, 0.29) is 22.0 Å². The monoisotopic (exact) mass is 478 g/mol. The molecule has 198 valence electrons. The smallest absolute Gasteiger partial charge is 0.0721 e. The molecule has 0 aliphatic carbocycles. The zero-order chi connectivity index (χ0) is 25.9. The fraction of sp³-hybridized carbons (Fsp3) is 0.800. The lowest BCUT2D eigenvalue weighted by atomic mass is 9.77. The van der Waals surface area contributed by atoms with E-state index in [1.807, 2.05) is 0 Å². The molecule has 1 aliphatic rings. The Hall–Kier alpha value is -0.940. The van der Waals surface area contributed by atoms with Gasteiger partial charge in [-0.1, -0.05) is 71.9 Å². The molecular formula is C30H54O4. The van der Waals surface area contributed by atoms with Crippen LogP contribution in [0, 0.1) is 10.8 Å². The van der Waals surface area contributed by atoms with Crippen molar-refractivity contribution in [2.75, 3.05) is 40.1 Å². The minimum Gasteiger partial charge on any atom is -0.384 e. The van der Waals surface area contributed by atoms with Crippen molar-refractivity contribution in [3.8, 4) is 0 Å². The van der Waals surface area contributed by atoms with Crippen LogP contribution in [0.5, 0.6) is 0 Å². The van der Waals surface area contributed by atoms with Gasteiger partial charge in [0.05, 0.1) is 44.2 Å². The summed E-state index contributed by atoms with van der Waals surface area (Å²) in [6.45, 7) is 25.7. The van der Waals surface area contributed by atoms with Crippen molar-refractivity contribution < 1.29 is 18.9 Å². The van der Waals surface area contributed by atoms with Crippen molar-refractivity contribution in [3.05, 3.63) is 36.0 Å². The van der Waals surface area contributed by atoms with E-state index in [2.05, 4.69) is 80.2 Å². The van der Waals surface area contributed by atoms with Crippen molar-refractivity contribution in [2.24, 2.45) is 10.8 Å². The Morgan fingerprint density at radius 1 is 0.971 bits per heavy atom. The highest BCUT2D eigenvalue weighted by Crippen LogP contribution is 2.38. The van der Waals surface area contributed by atoms with Crippen molar-refractivity contribution in [3.63, 3.8) is 0 Å². The van der Waals surface area contributed by atoms with Crippen molar-refractivity contribution in [1.29, 1.82) is 0 Å². The molecule has 0 N–H and O–H groups in total. The molecule has 4 nitrogen and oxygen atoms in total. The summed E-state index contributed by atoms with van der Waals surface area (Å²) in [6, 6.07) is 0. The molecule has 0 aromatic carbocycles. The summed E-state index contributed by atoms with van der Waals surface area (Å²) in [5.74, 6) is 0. The molecule has 0 aromatic rings. The summed E-state index contributed by atoms with van der Waals surface area (Å²) < 4.78 is 23.9. The third kappa shape index (κ3) is 9.60. The first kappa shape index (κ1) is 31.1. The minimum atomic E-state index is -0.195. The predicted octanol–water partition coefficient (Wildman–Crippen LogP) is 7.69. The normalized spacial score (nSPS) is 20.1. The van der Waals surface area contributed by atoms with Gasteiger partial charge in [0.25, 0.3) is 0 Å². The molecule has 1 aliphatic heterocycles.